The van der Waals surface area contributed by atoms with Crippen molar-refractivity contribution in [3.05, 3.63) is 35.4 Å². The lowest BCUT2D eigenvalue weighted by atomic mass is 10.1. The standard InChI is InChI=1S/C22H32N2O6/c1-29-19(25)12-5-3-7-14-23-21(27)17-10-9-11-18(16-17)22(28)24-15-8-4-6-13-20(26)30-2/h9-11,16H,3-8,12-15H2,1-2H3,(H,23,27)(H,24,28). The van der Waals surface area contributed by atoms with E-state index in [9.17, 15) is 19.2 Å². The number of carbonyl (C=O) groups is 4. The van der Waals surface area contributed by atoms with Gasteiger partial charge in [-0.3, -0.25) is 19.2 Å². The Bertz CT molecular complexity index is 649. The Kier molecular flexibility index (Phi) is 12.6. The molecule has 0 radical (unpaired) electrons. The highest BCUT2D eigenvalue weighted by molar-refractivity contribution is 5.99. The monoisotopic (exact) mass is 420 g/mol. The molecule has 8 nitrogen and oxygen atoms in total. The number of hydrogen-bond acceptors (Lipinski definition) is 6. The number of hydrogen-bond donors (Lipinski definition) is 2. The molecule has 2 N–H and O–H groups in total. The van der Waals surface area contributed by atoms with Crippen LogP contribution in [0.3, 0.4) is 0 Å². The van der Waals surface area contributed by atoms with E-state index in [0.29, 0.717) is 37.1 Å². The van der Waals surface area contributed by atoms with Crippen LogP contribution in [0, 0.1) is 0 Å². The van der Waals surface area contributed by atoms with Crippen molar-refractivity contribution in [2.45, 2.75) is 51.4 Å². The van der Waals surface area contributed by atoms with Crippen molar-refractivity contribution < 1.29 is 28.7 Å². The minimum Gasteiger partial charge on any atom is -0.469 e. The van der Waals surface area contributed by atoms with E-state index in [2.05, 4.69) is 20.1 Å². The topological polar surface area (TPSA) is 111 Å². The molecular weight excluding hydrogens is 388 g/mol. The minimum atomic E-state index is -0.236. The molecule has 2 amide bonds. The third kappa shape index (κ3) is 10.6. The predicted molar refractivity (Wildman–Crippen MR) is 112 cm³/mol. The molecule has 0 saturated heterocycles. The molecule has 0 bridgehead atoms. The maximum absolute atomic E-state index is 12.3. The summed E-state index contributed by atoms with van der Waals surface area (Å²) in [6.07, 6.45) is 5.37. The van der Waals surface area contributed by atoms with Crippen molar-refractivity contribution in [3.63, 3.8) is 0 Å². The second-order valence-electron chi connectivity index (χ2n) is 6.87. The summed E-state index contributed by atoms with van der Waals surface area (Å²) in [5, 5.41) is 5.65. The highest BCUT2D eigenvalue weighted by Crippen LogP contribution is 2.07. The second-order valence-corrected chi connectivity index (χ2v) is 6.87. The second kappa shape index (κ2) is 15.0. The van der Waals surface area contributed by atoms with Crippen LogP contribution < -0.4 is 10.6 Å². The highest BCUT2D eigenvalue weighted by atomic mass is 16.5. The molecule has 0 atom stereocenters. The van der Waals surface area contributed by atoms with Crippen molar-refractivity contribution >= 4 is 23.8 Å². The third-order valence-corrected chi connectivity index (χ3v) is 4.53. The van der Waals surface area contributed by atoms with Gasteiger partial charge in [-0.05, 0) is 43.9 Å². The summed E-state index contributed by atoms with van der Waals surface area (Å²) in [6.45, 7) is 1.00. The molecule has 0 aliphatic heterocycles. The Balaban J connectivity index is 2.30. The van der Waals surface area contributed by atoms with E-state index in [4.69, 9.17) is 0 Å². The zero-order valence-corrected chi connectivity index (χ0v) is 17.8. The molecule has 0 aliphatic rings. The van der Waals surface area contributed by atoms with Gasteiger partial charge in [-0.25, -0.2) is 0 Å². The number of rotatable bonds is 14. The minimum absolute atomic E-state index is 0.227. The number of ether oxygens (including phenoxy) is 2. The lowest BCUT2D eigenvalue weighted by Crippen LogP contribution is -2.26. The zero-order valence-electron chi connectivity index (χ0n) is 17.8. The van der Waals surface area contributed by atoms with Crippen LogP contribution in [0.1, 0.15) is 72.1 Å². The van der Waals surface area contributed by atoms with Gasteiger partial charge in [0.25, 0.3) is 11.8 Å². The summed E-state index contributed by atoms with van der Waals surface area (Å²) in [5.41, 5.74) is 0.852. The van der Waals surface area contributed by atoms with Gasteiger partial charge in [0.05, 0.1) is 14.2 Å². The number of unbranched alkanes of at least 4 members (excludes halogenated alkanes) is 4. The number of esters is 2. The first-order valence-electron chi connectivity index (χ1n) is 10.3. The van der Waals surface area contributed by atoms with Gasteiger partial charge >= 0.3 is 11.9 Å². The van der Waals surface area contributed by atoms with Crippen LogP contribution in [-0.2, 0) is 19.1 Å². The molecule has 0 unspecified atom stereocenters. The van der Waals surface area contributed by atoms with Gasteiger partial charge in [-0.1, -0.05) is 18.9 Å². The van der Waals surface area contributed by atoms with Gasteiger partial charge in [0.15, 0.2) is 0 Å². The van der Waals surface area contributed by atoms with Crippen molar-refractivity contribution in [2.75, 3.05) is 27.3 Å². The van der Waals surface area contributed by atoms with Crippen LogP contribution in [0.4, 0.5) is 0 Å². The normalized spacial score (nSPS) is 10.2. The predicted octanol–water partition coefficient (Wildman–Crippen LogP) is 2.61. The smallest absolute Gasteiger partial charge is 0.305 e. The van der Waals surface area contributed by atoms with Gasteiger partial charge in [0.2, 0.25) is 0 Å². The molecular formula is C22H32N2O6. The van der Waals surface area contributed by atoms with E-state index in [-0.39, 0.29) is 23.8 Å². The highest BCUT2D eigenvalue weighted by Gasteiger charge is 2.10. The van der Waals surface area contributed by atoms with Crippen molar-refractivity contribution in [2.24, 2.45) is 0 Å². The Labute approximate surface area is 177 Å². The number of methoxy groups -OCH3 is 2. The van der Waals surface area contributed by atoms with E-state index in [0.717, 1.165) is 38.5 Å². The van der Waals surface area contributed by atoms with Crippen molar-refractivity contribution in [3.8, 4) is 0 Å². The Morgan fingerprint density at radius 2 is 1.13 bits per heavy atom. The maximum atomic E-state index is 12.3. The molecule has 0 heterocycles. The fourth-order valence-electron chi connectivity index (χ4n) is 2.76. The average Bonchev–Trinajstić information content (AvgIpc) is 2.77. The number of carbonyl (C=O) groups excluding carboxylic acids is 4. The third-order valence-electron chi connectivity index (χ3n) is 4.53. The summed E-state index contributed by atoms with van der Waals surface area (Å²) in [4.78, 5) is 46.6. The van der Waals surface area contributed by atoms with Crippen LogP contribution in [0.5, 0.6) is 0 Å². The van der Waals surface area contributed by atoms with Gasteiger partial charge in [0, 0.05) is 37.1 Å². The van der Waals surface area contributed by atoms with Gasteiger partial charge < -0.3 is 20.1 Å². The number of benzene rings is 1. The fraction of sp³-hybridized carbons (Fsp3) is 0.545. The van der Waals surface area contributed by atoms with Gasteiger partial charge in [-0.15, -0.1) is 0 Å². The molecule has 1 aromatic carbocycles. The number of nitrogens with one attached hydrogen (secondary N) is 2. The van der Waals surface area contributed by atoms with Crippen LogP contribution in [0.2, 0.25) is 0 Å². The fourth-order valence-corrected chi connectivity index (χ4v) is 2.76. The van der Waals surface area contributed by atoms with E-state index >= 15 is 0 Å². The van der Waals surface area contributed by atoms with Crippen LogP contribution in [0.15, 0.2) is 24.3 Å². The summed E-state index contributed by atoms with van der Waals surface area (Å²) >= 11 is 0. The molecule has 166 valence electrons. The van der Waals surface area contributed by atoms with E-state index in [1.54, 1.807) is 24.3 Å². The molecule has 0 aromatic heterocycles. The first-order chi connectivity index (χ1) is 14.5. The largest absolute Gasteiger partial charge is 0.469 e. The average molecular weight is 421 g/mol. The quantitative estimate of drug-likeness (QED) is 0.354. The Hall–Kier alpha value is -2.90. The molecule has 8 heteroatoms. The van der Waals surface area contributed by atoms with Crippen LogP contribution in [0.25, 0.3) is 0 Å². The molecule has 0 spiro atoms. The summed E-state index contributed by atoms with van der Waals surface area (Å²) in [6, 6.07) is 6.57. The first kappa shape index (κ1) is 25.1. The molecule has 0 aliphatic carbocycles. The zero-order chi connectivity index (χ0) is 22.2. The molecule has 1 rings (SSSR count). The summed E-state index contributed by atoms with van der Waals surface area (Å²) < 4.78 is 9.16. The summed E-state index contributed by atoms with van der Waals surface area (Å²) in [7, 11) is 2.73. The summed E-state index contributed by atoms with van der Waals surface area (Å²) in [5.74, 6) is -0.925. The van der Waals surface area contributed by atoms with Crippen LogP contribution in [-0.4, -0.2) is 51.1 Å². The molecule has 30 heavy (non-hydrogen) atoms. The van der Waals surface area contributed by atoms with Crippen molar-refractivity contribution in [1.29, 1.82) is 0 Å². The van der Waals surface area contributed by atoms with Crippen molar-refractivity contribution in [1.82, 2.24) is 10.6 Å². The lowest BCUT2D eigenvalue weighted by Gasteiger charge is -2.08. The van der Waals surface area contributed by atoms with E-state index in [1.807, 2.05) is 0 Å². The van der Waals surface area contributed by atoms with E-state index < -0.39 is 0 Å². The Morgan fingerprint density at radius 3 is 1.53 bits per heavy atom. The molecule has 0 saturated carbocycles. The first-order valence-corrected chi connectivity index (χ1v) is 10.3. The number of amides is 2. The maximum Gasteiger partial charge on any atom is 0.305 e. The lowest BCUT2D eigenvalue weighted by molar-refractivity contribution is -0.141. The van der Waals surface area contributed by atoms with Gasteiger partial charge in [-0.2, -0.15) is 0 Å². The molecule has 1 aromatic rings. The van der Waals surface area contributed by atoms with E-state index in [1.165, 1.54) is 14.2 Å². The molecule has 0 fully saturated rings. The van der Waals surface area contributed by atoms with Gasteiger partial charge in [0.1, 0.15) is 0 Å². The SMILES string of the molecule is COC(=O)CCCCCNC(=O)c1cccc(C(=O)NCCCCCC(=O)OC)c1. The Morgan fingerprint density at radius 1 is 0.700 bits per heavy atom. The van der Waals surface area contributed by atoms with Crippen LogP contribution >= 0.6 is 0 Å².